The highest BCUT2D eigenvalue weighted by Crippen LogP contribution is 2.13. The van der Waals surface area contributed by atoms with Crippen molar-refractivity contribution in [2.75, 3.05) is 33.2 Å². The number of nitrogens with two attached hydrogens (primary N) is 1. The summed E-state index contributed by atoms with van der Waals surface area (Å²) in [6, 6.07) is 0. The number of carbonyl (C=O) groups is 1. The number of carbonyl (C=O) groups excluding carboxylic acids is 1. The molecule has 0 spiro atoms. The molecule has 0 unspecified atom stereocenters. The Balaban J connectivity index is 3.75. The Morgan fingerprint density at radius 1 is 1.47 bits per heavy atom. The smallest absolute Gasteiger partial charge is 0.221 e. The van der Waals surface area contributed by atoms with Gasteiger partial charge in [-0.25, -0.2) is 0 Å². The van der Waals surface area contributed by atoms with Gasteiger partial charge < -0.3 is 16.0 Å². The minimum absolute atomic E-state index is 0.120. The number of nitrogens with one attached hydrogen (secondary N) is 1. The topological polar surface area (TPSA) is 58.4 Å². The first-order valence-electron chi connectivity index (χ1n) is 5.56. The van der Waals surface area contributed by atoms with Crippen molar-refractivity contribution in [2.24, 2.45) is 11.1 Å². The van der Waals surface area contributed by atoms with Gasteiger partial charge in [0.15, 0.2) is 0 Å². The predicted octanol–water partition coefficient (Wildman–Crippen LogP) is 0.429. The molecule has 0 aliphatic heterocycles. The molecule has 1 amide bonds. The molecule has 0 aliphatic rings. The molecule has 0 bridgehead atoms. The zero-order valence-corrected chi connectivity index (χ0v) is 10.5. The summed E-state index contributed by atoms with van der Waals surface area (Å²) < 4.78 is 0. The number of nitrogens with zero attached hydrogens (tertiary/aromatic N) is 1. The third kappa shape index (κ3) is 7.33. The van der Waals surface area contributed by atoms with E-state index < -0.39 is 0 Å². The summed E-state index contributed by atoms with van der Waals surface area (Å²) in [6.07, 6.45) is 0.561. The van der Waals surface area contributed by atoms with Gasteiger partial charge in [-0.15, -0.1) is 0 Å². The Hall–Kier alpha value is -0.610. The van der Waals surface area contributed by atoms with Crippen molar-refractivity contribution in [1.82, 2.24) is 10.2 Å². The lowest BCUT2D eigenvalue weighted by Crippen LogP contribution is -2.38. The standard InChI is InChI=1S/C11H25N3O/c1-5-13-10(15)6-7-14(4)9-11(2,3)8-12/h5-9,12H2,1-4H3,(H,13,15). The van der Waals surface area contributed by atoms with Crippen LogP contribution in [0.5, 0.6) is 0 Å². The first-order valence-corrected chi connectivity index (χ1v) is 5.56. The molecule has 4 nitrogen and oxygen atoms in total. The predicted molar refractivity (Wildman–Crippen MR) is 63.6 cm³/mol. The molecular formula is C11H25N3O. The molecular weight excluding hydrogens is 190 g/mol. The molecule has 3 N–H and O–H groups in total. The van der Waals surface area contributed by atoms with Gasteiger partial charge in [0.25, 0.3) is 0 Å². The van der Waals surface area contributed by atoms with E-state index in [9.17, 15) is 4.79 Å². The van der Waals surface area contributed by atoms with Crippen LogP contribution < -0.4 is 11.1 Å². The van der Waals surface area contributed by atoms with Crippen LogP contribution in [0.4, 0.5) is 0 Å². The van der Waals surface area contributed by atoms with E-state index in [1.165, 1.54) is 0 Å². The Bertz CT molecular complexity index is 192. The number of hydrogen-bond donors (Lipinski definition) is 2. The molecule has 0 aliphatic carbocycles. The number of hydrogen-bond acceptors (Lipinski definition) is 3. The minimum atomic E-state index is 0.120. The molecule has 0 rings (SSSR count). The maximum atomic E-state index is 11.2. The van der Waals surface area contributed by atoms with Crippen molar-refractivity contribution in [3.8, 4) is 0 Å². The Morgan fingerprint density at radius 3 is 2.53 bits per heavy atom. The van der Waals surface area contributed by atoms with Crippen LogP contribution in [0, 0.1) is 5.41 Å². The van der Waals surface area contributed by atoms with E-state index in [1.807, 2.05) is 14.0 Å². The van der Waals surface area contributed by atoms with Gasteiger partial charge in [-0.05, 0) is 25.9 Å². The van der Waals surface area contributed by atoms with Crippen LogP contribution in [0.2, 0.25) is 0 Å². The fourth-order valence-corrected chi connectivity index (χ4v) is 1.45. The first-order chi connectivity index (χ1) is 6.91. The second-order valence-corrected chi connectivity index (χ2v) is 4.81. The molecule has 0 aromatic carbocycles. The molecule has 0 heterocycles. The lowest BCUT2D eigenvalue weighted by atomic mass is 9.93. The number of amides is 1. The monoisotopic (exact) mass is 215 g/mol. The van der Waals surface area contributed by atoms with Crippen molar-refractivity contribution >= 4 is 5.91 Å². The van der Waals surface area contributed by atoms with E-state index in [0.29, 0.717) is 19.5 Å². The van der Waals surface area contributed by atoms with Crippen LogP contribution in [-0.2, 0) is 4.79 Å². The summed E-state index contributed by atoms with van der Waals surface area (Å²) in [7, 11) is 2.02. The molecule has 0 saturated carbocycles. The van der Waals surface area contributed by atoms with Gasteiger partial charge in [0.05, 0.1) is 0 Å². The third-order valence-electron chi connectivity index (χ3n) is 2.35. The van der Waals surface area contributed by atoms with Crippen molar-refractivity contribution in [2.45, 2.75) is 27.2 Å². The fourth-order valence-electron chi connectivity index (χ4n) is 1.45. The Kier molecular flexibility index (Phi) is 6.52. The number of rotatable bonds is 7. The molecule has 0 fully saturated rings. The normalized spacial score (nSPS) is 11.9. The Labute approximate surface area is 93.2 Å². The van der Waals surface area contributed by atoms with Gasteiger partial charge in [0.2, 0.25) is 5.91 Å². The molecule has 4 heteroatoms. The quantitative estimate of drug-likeness (QED) is 0.647. The molecule has 0 atom stereocenters. The van der Waals surface area contributed by atoms with E-state index in [-0.39, 0.29) is 11.3 Å². The van der Waals surface area contributed by atoms with Crippen molar-refractivity contribution in [3.05, 3.63) is 0 Å². The van der Waals surface area contributed by atoms with Crippen LogP contribution in [0.1, 0.15) is 27.2 Å². The average Bonchev–Trinajstić information content (AvgIpc) is 2.15. The zero-order valence-electron chi connectivity index (χ0n) is 10.5. The van der Waals surface area contributed by atoms with Gasteiger partial charge in [-0.1, -0.05) is 13.8 Å². The second kappa shape index (κ2) is 6.80. The molecule has 90 valence electrons. The maximum absolute atomic E-state index is 11.2. The molecule has 15 heavy (non-hydrogen) atoms. The molecule has 0 aromatic rings. The lowest BCUT2D eigenvalue weighted by Gasteiger charge is -2.28. The molecule has 0 radical (unpaired) electrons. The summed E-state index contributed by atoms with van der Waals surface area (Å²) in [4.78, 5) is 13.4. The highest BCUT2D eigenvalue weighted by Gasteiger charge is 2.18. The van der Waals surface area contributed by atoms with Gasteiger partial charge in [0.1, 0.15) is 0 Å². The van der Waals surface area contributed by atoms with Crippen LogP contribution in [0.15, 0.2) is 0 Å². The SMILES string of the molecule is CCNC(=O)CCN(C)CC(C)(C)CN. The summed E-state index contributed by atoms with van der Waals surface area (Å²) in [6.45, 7) is 9.28. The van der Waals surface area contributed by atoms with E-state index in [4.69, 9.17) is 5.73 Å². The average molecular weight is 215 g/mol. The van der Waals surface area contributed by atoms with Crippen LogP contribution in [0.25, 0.3) is 0 Å². The highest BCUT2D eigenvalue weighted by atomic mass is 16.1. The Morgan fingerprint density at radius 2 is 2.07 bits per heavy atom. The van der Waals surface area contributed by atoms with Crippen LogP contribution in [-0.4, -0.2) is 44.0 Å². The molecule has 0 aromatic heterocycles. The fraction of sp³-hybridized carbons (Fsp3) is 0.909. The summed E-state index contributed by atoms with van der Waals surface area (Å²) in [5.74, 6) is 0.120. The summed E-state index contributed by atoms with van der Waals surface area (Å²) >= 11 is 0. The van der Waals surface area contributed by atoms with Gasteiger partial charge in [0, 0.05) is 26.1 Å². The molecule has 0 saturated heterocycles. The van der Waals surface area contributed by atoms with E-state index >= 15 is 0 Å². The van der Waals surface area contributed by atoms with Gasteiger partial charge in [-0.2, -0.15) is 0 Å². The van der Waals surface area contributed by atoms with Crippen LogP contribution in [0.3, 0.4) is 0 Å². The van der Waals surface area contributed by atoms with Crippen molar-refractivity contribution in [3.63, 3.8) is 0 Å². The maximum Gasteiger partial charge on any atom is 0.221 e. The minimum Gasteiger partial charge on any atom is -0.356 e. The largest absolute Gasteiger partial charge is 0.356 e. The first kappa shape index (κ1) is 14.4. The van der Waals surface area contributed by atoms with Gasteiger partial charge in [-0.3, -0.25) is 4.79 Å². The summed E-state index contributed by atoms with van der Waals surface area (Å²) in [5, 5.41) is 2.79. The van der Waals surface area contributed by atoms with Crippen LogP contribution >= 0.6 is 0 Å². The highest BCUT2D eigenvalue weighted by molar-refractivity contribution is 5.75. The lowest BCUT2D eigenvalue weighted by molar-refractivity contribution is -0.121. The second-order valence-electron chi connectivity index (χ2n) is 4.81. The van der Waals surface area contributed by atoms with Crippen molar-refractivity contribution in [1.29, 1.82) is 0 Å². The zero-order chi connectivity index (χ0) is 11.9. The third-order valence-corrected chi connectivity index (χ3v) is 2.35. The summed E-state index contributed by atoms with van der Waals surface area (Å²) in [5.41, 5.74) is 5.77. The van der Waals surface area contributed by atoms with Crippen molar-refractivity contribution < 1.29 is 4.79 Å². The van der Waals surface area contributed by atoms with E-state index in [0.717, 1.165) is 13.1 Å². The van der Waals surface area contributed by atoms with Gasteiger partial charge >= 0.3 is 0 Å². The van der Waals surface area contributed by atoms with E-state index in [1.54, 1.807) is 0 Å². The van der Waals surface area contributed by atoms with E-state index in [2.05, 4.69) is 24.1 Å².